The Hall–Kier alpha value is -0.0800. The average Bonchev–Trinajstić information content (AvgIpc) is 1.97. The molecule has 0 aliphatic heterocycles. The molecule has 2 heteroatoms. The van der Waals surface area contributed by atoms with Crippen molar-refractivity contribution in [2.24, 2.45) is 0 Å². The Morgan fingerprint density at radius 2 is 1.50 bits per heavy atom. The zero-order valence-corrected chi connectivity index (χ0v) is 7.24. The summed E-state index contributed by atoms with van der Waals surface area (Å²) >= 11 is 0. The lowest BCUT2D eigenvalue weighted by atomic mass is 10.2. The molecule has 0 spiro atoms. The summed E-state index contributed by atoms with van der Waals surface area (Å²) in [6, 6.07) is 0. The van der Waals surface area contributed by atoms with Gasteiger partial charge in [0, 0.05) is 13.1 Å². The van der Waals surface area contributed by atoms with E-state index in [0.29, 0.717) is 0 Å². The van der Waals surface area contributed by atoms with Crippen molar-refractivity contribution < 1.29 is 0 Å². The van der Waals surface area contributed by atoms with Crippen LogP contribution in [0.4, 0.5) is 0 Å². The topological polar surface area (TPSA) is 24.1 Å². The van der Waals surface area contributed by atoms with Gasteiger partial charge in [0.1, 0.15) is 0 Å². The Morgan fingerprint density at radius 1 is 0.800 bits per heavy atom. The largest absolute Gasteiger partial charge is 0.258 e. The molecule has 0 aliphatic carbocycles. The summed E-state index contributed by atoms with van der Waals surface area (Å²) in [7, 11) is 0. The van der Waals surface area contributed by atoms with Gasteiger partial charge < -0.3 is 0 Å². The number of unbranched alkanes of at least 4 members (excludes halogenated alkanes) is 2. The first-order valence-corrected chi connectivity index (χ1v) is 4.37. The van der Waals surface area contributed by atoms with Gasteiger partial charge >= 0.3 is 0 Å². The Labute approximate surface area is 64.4 Å². The third-order valence-electron chi connectivity index (χ3n) is 1.41. The fraction of sp³-hybridized carbons (Fsp3) is 1.00. The number of nitrogens with one attached hydrogen (secondary N) is 2. The first-order chi connectivity index (χ1) is 4.91. The van der Waals surface area contributed by atoms with Crippen LogP contribution in [-0.2, 0) is 0 Å². The van der Waals surface area contributed by atoms with Crippen molar-refractivity contribution in [1.29, 1.82) is 0 Å². The SMILES string of the molecule is CCCCCNNCCC. The molecule has 0 aromatic rings. The van der Waals surface area contributed by atoms with Gasteiger partial charge in [-0.25, -0.2) is 0 Å². The van der Waals surface area contributed by atoms with Gasteiger partial charge in [-0.15, -0.1) is 0 Å². The van der Waals surface area contributed by atoms with Crippen LogP contribution in [0.2, 0.25) is 0 Å². The van der Waals surface area contributed by atoms with Crippen LogP contribution in [-0.4, -0.2) is 13.1 Å². The van der Waals surface area contributed by atoms with E-state index < -0.39 is 0 Å². The zero-order chi connectivity index (χ0) is 7.66. The van der Waals surface area contributed by atoms with Gasteiger partial charge in [-0.3, -0.25) is 10.9 Å². The molecule has 2 N–H and O–H groups in total. The van der Waals surface area contributed by atoms with Crippen LogP contribution in [0, 0.1) is 0 Å². The molecule has 0 fully saturated rings. The molecule has 0 aromatic carbocycles. The lowest BCUT2D eigenvalue weighted by Gasteiger charge is -2.03. The molecule has 62 valence electrons. The lowest BCUT2D eigenvalue weighted by Crippen LogP contribution is -2.32. The quantitative estimate of drug-likeness (QED) is 0.419. The Balaban J connectivity index is 2.65. The smallest absolute Gasteiger partial charge is 0.00997 e. The first kappa shape index (κ1) is 9.92. The molecule has 0 saturated heterocycles. The second-order valence-corrected chi connectivity index (χ2v) is 2.56. The molecule has 10 heavy (non-hydrogen) atoms. The molecule has 0 aromatic heterocycles. The standard InChI is InChI=1S/C8H20N2/c1-3-5-6-8-10-9-7-4-2/h9-10H,3-8H2,1-2H3. The highest BCUT2D eigenvalue weighted by Gasteiger charge is 1.84. The maximum absolute atomic E-state index is 3.17. The summed E-state index contributed by atoms with van der Waals surface area (Å²) in [4.78, 5) is 0. The molecule has 0 bridgehead atoms. The van der Waals surface area contributed by atoms with Crippen molar-refractivity contribution in [2.75, 3.05) is 13.1 Å². The summed E-state index contributed by atoms with van der Waals surface area (Å²) in [5, 5.41) is 0. The van der Waals surface area contributed by atoms with Crippen LogP contribution >= 0.6 is 0 Å². The summed E-state index contributed by atoms with van der Waals surface area (Å²) in [5.41, 5.74) is 6.32. The van der Waals surface area contributed by atoms with Crippen LogP contribution in [0.3, 0.4) is 0 Å². The van der Waals surface area contributed by atoms with Crippen LogP contribution in [0.5, 0.6) is 0 Å². The molecule has 0 rings (SSSR count). The first-order valence-electron chi connectivity index (χ1n) is 4.37. The van der Waals surface area contributed by atoms with Crippen molar-refractivity contribution in [2.45, 2.75) is 39.5 Å². The van der Waals surface area contributed by atoms with E-state index in [2.05, 4.69) is 24.7 Å². The van der Waals surface area contributed by atoms with E-state index in [4.69, 9.17) is 0 Å². The average molecular weight is 144 g/mol. The minimum atomic E-state index is 1.08. The minimum absolute atomic E-state index is 1.08. The monoisotopic (exact) mass is 144 g/mol. The van der Waals surface area contributed by atoms with E-state index in [1.165, 1.54) is 25.7 Å². The molecule has 0 aliphatic rings. The summed E-state index contributed by atoms with van der Waals surface area (Å²) < 4.78 is 0. The molecule has 0 unspecified atom stereocenters. The van der Waals surface area contributed by atoms with Gasteiger partial charge in [-0.05, 0) is 12.8 Å². The van der Waals surface area contributed by atoms with Crippen molar-refractivity contribution in [1.82, 2.24) is 10.9 Å². The summed E-state index contributed by atoms with van der Waals surface area (Å²) in [6.07, 6.45) is 5.12. The van der Waals surface area contributed by atoms with Gasteiger partial charge in [0.15, 0.2) is 0 Å². The van der Waals surface area contributed by atoms with Gasteiger partial charge in [-0.1, -0.05) is 26.7 Å². The lowest BCUT2D eigenvalue weighted by molar-refractivity contribution is 0.509. The fourth-order valence-electron chi connectivity index (χ4n) is 0.765. The molecule has 0 saturated carbocycles. The minimum Gasteiger partial charge on any atom is -0.258 e. The van der Waals surface area contributed by atoms with Gasteiger partial charge in [-0.2, -0.15) is 0 Å². The highest BCUT2D eigenvalue weighted by atomic mass is 15.3. The summed E-state index contributed by atoms with van der Waals surface area (Å²) in [5.74, 6) is 0. The van der Waals surface area contributed by atoms with Crippen molar-refractivity contribution in [3.63, 3.8) is 0 Å². The molecule has 0 heterocycles. The van der Waals surface area contributed by atoms with E-state index in [0.717, 1.165) is 13.1 Å². The predicted octanol–water partition coefficient (Wildman–Crippen LogP) is 1.68. The van der Waals surface area contributed by atoms with E-state index >= 15 is 0 Å². The van der Waals surface area contributed by atoms with Crippen LogP contribution in [0.25, 0.3) is 0 Å². The molecule has 0 atom stereocenters. The Bertz CT molecular complexity index is 47.2. The van der Waals surface area contributed by atoms with Gasteiger partial charge in [0.2, 0.25) is 0 Å². The van der Waals surface area contributed by atoms with E-state index in [-0.39, 0.29) is 0 Å². The number of hydrazine groups is 1. The molecule has 2 nitrogen and oxygen atoms in total. The summed E-state index contributed by atoms with van der Waals surface area (Å²) in [6.45, 7) is 6.57. The van der Waals surface area contributed by atoms with E-state index in [1.54, 1.807) is 0 Å². The Morgan fingerprint density at radius 3 is 2.10 bits per heavy atom. The zero-order valence-electron chi connectivity index (χ0n) is 7.24. The third-order valence-corrected chi connectivity index (χ3v) is 1.41. The van der Waals surface area contributed by atoms with Crippen molar-refractivity contribution in [3.05, 3.63) is 0 Å². The van der Waals surface area contributed by atoms with Crippen LogP contribution in [0.1, 0.15) is 39.5 Å². The highest BCUT2D eigenvalue weighted by molar-refractivity contribution is 4.42. The van der Waals surface area contributed by atoms with Gasteiger partial charge in [0.25, 0.3) is 0 Å². The van der Waals surface area contributed by atoms with Crippen molar-refractivity contribution >= 4 is 0 Å². The van der Waals surface area contributed by atoms with Crippen LogP contribution < -0.4 is 10.9 Å². The van der Waals surface area contributed by atoms with E-state index in [9.17, 15) is 0 Å². The van der Waals surface area contributed by atoms with E-state index in [1.807, 2.05) is 0 Å². The fourth-order valence-corrected chi connectivity index (χ4v) is 0.765. The Kier molecular flexibility index (Phi) is 8.85. The second-order valence-electron chi connectivity index (χ2n) is 2.56. The maximum atomic E-state index is 3.17. The normalized spacial score (nSPS) is 10.2. The number of hydrogen-bond donors (Lipinski definition) is 2. The second kappa shape index (κ2) is 8.92. The molecular weight excluding hydrogens is 124 g/mol. The third kappa shape index (κ3) is 7.92. The maximum Gasteiger partial charge on any atom is 0.00997 e. The van der Waals surface area contributed by atoms with Gasteiger partial charge in [0.05, 0.1) is 0 Å². The molecule has 0 radical (unpaired) electrons. The number of rotatable bonds is 7. The van der Waals surface area contributed by atoms with Crippen molar-refractivity contribution in [3.8, 4) is 0 Å². The number of hydrogen-bond acceptors (Lipinski definition) is 2. The highest BCUT2D eigenvalue weighted by Crippen LogP contribution is 1.89. The molecule has 0 amide bonds. The molecular formula is C8H20N2. The van der Waals surface area contributed by atoms with Crippen LogP contribution in [0.15, 0.2) is 0 Å². The predicted molar refractivity (Wildman–Crippen MR) is 45.8 cm³/mol.